The fraction of sp³-hybridized carbons (Fsp3) is 0.241. The number of aromatic nitrogens is 3. The number of nitrogens with one attached hydrogen (secondary N) is 1. The molecule has 6 rings (SSSR count). The number of halogens is 2. The quantitative estimate of drug-likeness (QED) is 0.285. The molecule has 11 heteroatoms. The van der Waals surface area contributed by atoms with Crippen molar-refractivity contribution in [1.29, 1.82) is 0 Å². The topological polar surface area (TPSA) is 110 Å². The van der Waals surface area contributed by atoms with E-state index in [0.717, 1.165) is 29.8 Å². The van der Waals surface area contributed by atoms with Crippen LogP contribution in [-0.4, -0.2) is 51.4 Å². The standard InChI is InChI=1S/C29H25ClFN5O4/c30-20-6-5-19(22(31)14-20)16-40-26-9-11-32-27(35-26)18-3-1-17(2-4-18)13-25-33-23-7-8-24(29(37)38)34-28(23)36(25)15-21-10-12-39-21/h1-9,11,14,21,25,33H,10,12-13,15-16H2,(H,37,38). The predicted molar refractivity (Wildman–Crippen MR) is 147 cm³/mol. The molecule has 2 aromatic heterocycles. The van der Waals surface area contributed by atoms with Gasteiger partial charge in [0.15, 0.2) is 17.3 Å². The van der Waals surface area contributed by atoms with E-state index in [9.17, 15) is 14.3 Å². The Morgan fingerprint density at radius 1 is 1.15 bits per heavy atom. The molecule has 0 bridgehead atoms. The van der Waals surface area contributed by atoms with Crippen LogP contribution in [0, 0.1) is 5.82 Å². The fourth-order valence-corrected chi connectivity index (χ4v) is 4.85. The number of fused-ring (bicyclic) bond motifs is 1. The van der Waals surface area contributed by atoms with Gasteiger partial charge in [-0.25, -0.2) is 19.2 Å². The summed E-state index contributed by atoms with van der Waals surface area (Å²) in [5, 5.41) is 13.2. The van der Waals surface area contributed by atoms with Crippen LogP contribution < -0.4 is 15.0 Å². The van der Waals surface area contributed by atoms with Crippen LogP contribution in [0.25, 0.3) is 11.4 Å². The number of ether oxygens (including phenoxy) is 2. The monoisotopic (exact) mass is 561 g/mol. The molecule has 0 radical (unpaired) electrons. The first-order valence-electron chi connectivity index (χ1n) is 12.8. The van der Waals surface area contributed by atoms with E-state index >= 15 is 0 Å². The first-order valence-corrected chi connectivity index (χ1v) is 13.2. The molecule has 1 saturated heterocycles. The van der Waals surface area contributed by atoms with Crippen molar-refractivity contribution in [2.75, 3.05) is 23.4 Å². The molecule has 40 heavy (non-hydrogen) atoms. The minimum Gasteiger partial charge on any atom is -0.477 e. The molecule has 2 aliphatic heterocycles. The average Bonchev–Trinajstić information content (AvgIpc) is 3.26. The number of aromatic carboxylic acids is 1. The van der Waals surface area contributed by atoms with Crippen molar-refractivity contribution in [2.45, 2.75) is 31.7 Å². The van der Waals surface area contributed by atoms with Gasteiger partial charge in [0.2, 0.25) is 5.88 Å². The van der Waals surface area contributed by atoms with Crippen molar-refractivity contribution >= 4 is 29.1 Å². The molecular weight excluding hydrogens is 537 g/mol. The first-order chi connectivity index (χ1) is 19.4. The SMILES string of the molecule is O=C(O)c1ccc2c(n1)N(CC1CCO1)C(Cc1ccc(-c3nccc(OCc4ccc(Cl)cc4F)n3)cc1)N2. The van der Waals surface area contributed by atoms with E-state index in [1.165, 1.54) is 12.1 Å². The molecule has 2 N–H and O–H groups in total. The normalized spacial score (nSPS) is 17.6. The lowest BCUT2D eigenvalue weighted by molar-refractivity contribution is -0.0450. The van der Waals surface area contributed by atoms with Gasteiger partial charge in [-0.3, -0.25) is 0 Å². The maximum absolute atomic E-state index is 14.1. The summed E-state index contributed by atoms with van der Waals surface area (Å²) < 4.78 is 25.4. The number of carboxylic acids is 1. The Morgan fingerprint density at radius 3 is 2.70 bits per heavy atom. The van der Waals surface area contributed by atoms with Gasteiger partial charge < -0.3 is 24.8 Å². The van der Waals surface area contributed by atoms with Gasteiger partial charge in [-0.15, -0.1) is 0 Å². The minimum atomic E-state index is -1.06. The highest BCUT2D eigenvalue weighted by Crippen LogP contribution is 2.35. The third-order valence-corrected chi connectivity index (χ3v) is 7.16. The number of benzene rings is 2. The number of nitrogens with zero attached hydrogens (tertiary/aromatic N) is 4. The van der Waals surface area contributed by atoms with Crippen LogP contribution in [0.4, 0.5) is 15.9 Å². The van der Waals surface area contributed by atoms with Crippen LogP contribution in [0.3, 0.4) is 0 Å². The van der Waals surface area contributed by atoms with Crippen molar-refractivity contribution in [2.24, 2.45) is 0 Å². The highest BCUT2D eigenvalue weighted by molar-refractivity contribution is 6.30. The molecule has 9 nitrogen and oxygen atoms in total. The van der Waals surface area contributed by atoms with Gasteiger partial charge in [-0.05, 0) is 36.2 Å². The Morgan fingerprint density at radius 2 is 1.98 bits per heavy atom. The molecule has 0 saturated carbocycles. The third kappa shape index (κ3) is 5.54. The zero-order valence-electron chi connectivity index (χ0n) is 21.3. The van der Waals surface area contributed by atoms with Crippen LogP contribution in [0.2, 0.25) is 5.02 Å². The summed E-state index contributed by atoms with van der Waals surface area (Å²) in [6.45, 7) is 1.37. The summed E-state index contributed by atoms with van der Waals surface area (Å²) in [5.41, 5.74) is 3.06. The lowest BCUT2D eigenvalue weighted by atomic mass is 10.1. The second-order valence-corrected chi connectivity index (χ2v) is 10.0. The Kier molecular flexibility index (Phi) is 7.19. The van der Waals surface area contributed by atoms with E-state index in [1.807, 2.05) is 24.3 Å². The highest BCUT2D eigenvalue weighted by atomic mass is 35.5. The lowest BCUT2D eigenvalue weighted by Crippen LogP contribution is -2.46. The maximum atomic E-state index is 14.1. The zero-order chi connectivity index (χ0) is 27.6. The van der Waals surface area contributed by atoms with Crippen molar-refractivity contribution in [3.8, 4) is 17.3 Å². The second-order valence-electron chi connectivity index (χ2n) is 9.61. The van der Waals surface area contributed by atoms with E-state index in [1.54, 1.807) is 30.5 Å². The van der Waals surface area contributed by atoms with Gasteiger partial charge >= 0.3 is 5.97 Å². The minimum absolute atomic E-state index is 0.00888. The molecular formula is C29H25ClFN5O4. The summed E-state index contributed by atoms with van der Waals surface area (Å²) in [7, 11) is 0. The maximum Gasteiger partial charge on any atom is 0.354 e. The van der Waals surface area contributed by atoms with E-state index in [0.29, 0.717) is 41.1 Å². The Balaban J connectivity index is 1.15. The molecule has 4 heterocycles. The molecule has 2 aliphatic rings. The van der Waals surface area contributed by atoms with Crippen molar-refractivity contribution in [3.63, 3.8) is 0 Å². The Hall–Kier alpha value is -4.28. The first kappa shape index (κ1) is 26.0. The van der Waals surface area contributed by atoms with Crippen LogP contribution >= 0.6 is 11.6 Å². The Bertz CT molecular complexity index is 1550. The number of hydrogen-bond donors (Lipinski definition) is 2. The summed E-state index contributed by atoms with van der Waals surface area (Å²) >= 11 is 5.82. The van der Waals surface area contributed by atoms with Crippen LogP contribution in [0.1, 0.15) is 28.0 Å². The van der Waals surface area contributed by atoms with Gasteiger partial charge in [-0.1, -0.05) is 41.9 Å². The van der Waals surface area contributed by atoms with E-state index < -0.39 is 11.8 Å². The van der Waals surface area contributed by atoms with Crippen molar-refractivity contribution in [3.05, 3.63) is 94.5 Å². The molecule has 0 aliphatic carbocycles. The largest absolute Gasteiger partial charge is 0.477 e. The molecule has 0 amide bonds. The average molecular weight is 562 g/mol. The number of anilines is 2. The zero-order valence-corrected chi connectivity index (χ0v) is 22.0. The lowest BCUT2D eigenvalue weighted by Gasteiger charge is -2.34. The Labute approximate surface area is 234 Å². The van der Waals surface area contributed by atoms with Gasteiger partial charge in [0, 0.05) is 48.0 Å². The third-order valence-electron chi connectivity index (χ3n) is 6.92. The number of rotatable bonds is 9. The van der Waals surface area contributed by atoms with Gasteiger partial charge in [0.1, 0.15) is 18.6 Å². The summed E-state index contributed by atoms with van der Waals surface area (Å²) in [5.74, 6) is -0.0510. The molecule has 204 valence electrons. The molecule has 2 unspecified atom stereocenters. The predicted octanol–water partition coefficient (Wildman–Crippen LogP) is 5.20. The summed E-state index contributed by atoms with van der Waals surface area (Å²) in [4.78, 5) is 26.8. The molecule has 1 fully saturated rings. The van der Waals surface area contributed by atoms with Crippen LogP contribution in [0.5, 0.6) is 5.88 Å². The summed E-state index contributed by atoms with van der Waals surface area (Å²) in [6.07, 6.45) is 3.20. The van der Waals surface area contributed by atoms with E-state index in [2.05, 4.69) is 25.2 Å². The highest BCUT2D eigenvalue weighted by Gasteiger charge is 2.34. The number of carbonyl (C=O) groups is 1. The van der Waals surface area contributed by atoms with Gasteiger partial charge in [-0.2, -0.15) is 4.98 Å². The van der Waals surface area contributed by atoms with Crippen molar-refractivity contribution in [1.82, 2.24) is 15.0 Å². The molecule has 2 aromatic carbocycles. The number of pyridine rings is 1. The van der Waals surface area contributed by atoms with Crippen LogP contribution in [-0.2, 0) is 17.8 Å². The van der Waals surface area contributed by atoms with E-state index in [-0.39, 0.29) is 24.6 Å². The molecule has 2 atom stereocenters. The van der Waals surface area contributed by atoms with Gasteiger partial charge in [0.25, 0.3) is 0 Å². The van der Waals surface area contributed by atoms with Crippen LogP contribution in [0.15, 0.2) is 66.9 Å². The molecule has 0 spiro atoms. The van der Waals surface area contributed by atoms with E-state index in [4.69, 9.17) is 21.1 Å². The number of carboxylic acid groups (broad SMARTS) is 1. The van der Waals surface area contributed by atoms with Gasteiger partial charge in [0.05, 0.1) is 11.8 Å². The van der Waals surface area contributed by atoms with Crippen molar-refractivity contribution < 1.29 is 23.8 Å². The fourth-order valence-electron chi connectivity index (χ4n) is 4.69. The molecule has 4 aromatic rings. The second kappa shape index (κ2) is 11.1. The number of hydrogen-bond acceptors (Lipinski definition) is 8. The summed E-state index contributed by atoms with van der Waals surface area (Å²) in [6, 6.07) is 17.2. The smallest absolute Gasteiger partial charge is 0.354 e.